The molecule has 3 heteroatoms. The number of rotatable bonds is 5. The number of carbonyl (C=O) groups excluding carboxylic acids is 1. The van der Waals surface area contributed by atoms with Crippen LogP contribution in [0.25, 0.3) is 0 Å². The molecule has 0 heterocycles. The average molecular weight is 343 g/mol. The second-order valence-corrected chi connectivity index (χ2v) is 8.77. The van der Waals surface area contributed by atoms with Gasteiger partial charge in [-0.3, -0.25) is 4.79 Å². The minimum Gasteiger partial charge on any atom is -0.351 e. The first-order valence-electron chi connectivity index (χ1n) is 10.0. The zero-order chi connectivity index (χ0) is 18.0. The third-order valence-electron chi connectivity index (χ3n) is 6.34. The summed E-state index contributed by atoms with van der Waals surface area (Å²) in [5.41, 5.74) is 2.49. The number of aryl methyl sites for hydroxylation is 1. The van der Waals surface area contributed by atoms with E-state index in [1.165, 1.54) is 36.8 Å². The second kappa shape index (κ2) is 7.90. The number of benzene rings is 1. The van der Waals surface area contributed by atoms with Crippen molar-refractivity contribution in [1.82, 2.24) is 10.6 Å². The van der Waals surface area contributed by atoms with Crippen LogP contribution in [0.1, 0.15) is 57.6 Å². The van der Waals surface area contributed by atoms with Crippen molar-refractivity contribution in [3.63, 3.8) is 0 Å². The molecule has 0 saturated heterocycles. The molecule has 25 heavy (non-hydrogen) atoms. The van der Waals surface area contributed by atoms with Crippen molar-refractivity contribution in [3.05, 3.63) is 35.4 Å². The molecule has 2 N–H and O–H groups in total. The van der Waals surface area contributed by atoms with Crippen LogP contribution >= 0.6 is 0 Å². The molecular formula is C22H34N2O. The van der Waals surface area contributed by atoms with Crippen LogP contribution in [0, 0.1) is 30.6 Å². The van der Waals surface area contributed by atoms with Gasteiger partial charge in [0.1, 0.15) is 0 Å². The highest BCUT2D eigenvalue weighted by molar-refractivity contribution is 5.81. The van der Waals surface area contributed by atoms with Crippen molar-refractivity contribution in [3.8, 4) is 0 Å². The van der Waals surface area contributed by atoms with Gasteiger partial charge in [0, 0.05) is 12.6 Å². The number of nitrogens with one attached hydrogen (secondary N) is 2. The summed E-state index contributed by atoms with van der Waals surface area (Å²) in [5.74, 6) is 3.12. The number of carbonyl (C=O) groups is 1. The molecule has 1 amide bonds. The lowest BCUT2D eigenvalue weighted by Crippen LogP contribution is -2.54. The Morgan fingerprint density at radius 2 is 1.84 bits per heavy atom. The van der Waals surface area contributed by atoms with E-state index >= 15 is 0 Å². The smallest absolute Gasteiger partial charge is 0.237 e. The minimum absolute atomic E-state index is 0.153. The summed E-state index contributed by atoms with van der Waals surface area (Å²) in [5, 5.41) is 6.76. The number of hydrogen-bond donors (Lipinski definition) is 2. The van der Waals surface area contributed by atoms with E-state index in [4.69, 9.17) is 0 Å². The highest BCUT2D eigenvalue weighted by Gasteiger charge is 2.40. The molecule has 0 spiro atoms. The van der Waals surface area contributed by atoms with Crippen molar-refractivity contribution in [1.29, 1.82) is 0 Å². The molecule has 6 unspecified atom stereocenters. The minimum atomic E-state index is -0.160. The van der Waals surface area contributed by atoms with E-state index in [2.05, 4.69) is 55.7 Å². The first-order valence-corrected chi connectivity index (χ1v) is 10.0. The van der Waals surface area contributed by atoms with Gasteiger partial charge in [0.15, 0.2) is 0 Å². The highest BCUT2D eigenvalue weighted by Crippen LogP contribution is 2.44. The summed E-state index contributed by atoms with van der Waals surface area (Å²) in [7, 11) is 0. The van der Waals surface area contributed by atoms with Crippen LogP contribution in [-0.4, -0.2) is 18.0 Å². The van der Waals surface area contributed by atoms with Crippen LogP contribution in [-0.2, 0) is 11.3 Å². The maximum atomic E-state index is 12.7. The Balaban J connectivity index is 1.52. The first-order chi connectivity index (χ1) is 11.9. The Morgan fingerprint density at radius 3 is 2.56 bits per heavy atom. The molecule has 1 aromatic rings. The maximum Gasteiger partial charge on any atom is 0.237 e. The molecule has 0 aliphatic heterocycles. The summed E-state index contributed by atoms with van der Waals surface area (Å²) in [6, 6.07) is 8.68. The Kier molecular flexibility index (Phi) is 5.83. The predicted molar refractivity (Wildman–Crippen MR) is 103 cm³/mol. The van der Waals surface area contributed by atoms with Crippen LogP contribution in [0.4, 0.5) is 0 Å². The topological polar surface area (TPSA) is 41.1 Å². The second-order valence-electron chi connectivity index (χ2n) is 8.77. The van der Waals surface area contributed by atoms with Crippen LogP contribution in [0.2, 0.25) is 0 Å². The van der Waals surface area contributed by atoms with E-state index in [1.807, 2.05) is 6.92 Å². The van der Waals surface area contributed by atoms with Gasteiger partial charge in [-0.2, -0.15) is 0 Å². The Morgan fingerprint density at radius 1 is 1.12 bits per heavy atom. The van der Waals surface area contributed by atoms with Crippen molar-refractivity contribution in [2.75, 3.05) is 0 Å². The van der Waals surface area contributed by atoms with Gasteiger partial charge in [-0.05, 0) is 68.8 Å². The van der Waals surface area contributed by atoms with Crippen LogP contribution in [0.3, 0.4) is 0 Å². The molecule has 3 nitrogen and oxygen atoms in total. The molecule has 0 aromatic heterocycles. The number of hydrogen-bond acceptors (Lipinski definition) is 2. The van der Waals surface area contributed by atoms with Gasteiger partial charge in [0.05, 0.1) is 6.04 Å². The molecule has 2 aliphatic rings. The molecule has 2 saturated carbocycles. The van der Waals surface area contributed by atoms with E-state index in [1.54, 1.807) is 0 Å². The summed E-state index contributed by atoms with van der Waals surface area (Å²) < 4.78 is 0. The molecule has 138 valence electrons. The van der Waals surface area contributed by atoms with Crippen LogP contribution < -0.4 is 10.6 Å². The Labute approximate surface area is 153 Å². The Bertz CT molecular complexity index is 578. The van der Waals surface area contributed by atoms with E-state index in [0.717, 1.165) is 18.4 Å². The fraction of sp³-hybridized carbons (Fsp3) is 0.682. The molecular weight excluding hydrogens is 308 g/mol. The highest BCUT2D eigenvalue weighted by atomic mass is 16.2. The lowest BCUT2D eigenvalue weighted by molar-refractivity contribution is -0.125. The monoisotopic (exact) mass is 342 g/mol. The molecule has 2 aliphatic carbocycles. The summed E-state index contributed by atoms with van der Waals surface area (Å²) in [6.45, 7) is 9.50. The molecule has 0 radical (unpaired) electrons. The fourth-order valence-corrected chi connectivity index (χ4v) is 5.04. The van der Waals surface area contributed by atoms with Crippen molar-refractivity contribution in [2.45, 2.75) is 72.0 Å². The summed E-state index contributed by atoms with van der Waals surface area (Å²) in [6.07, 6.45) is 5.24. The molecule has 3 rings (SSSR count). The third kappa shape index (κ3) is 4.63. The van der Waals surface area contributed by atoms with Gasteiger partial charge < -0.3 is 10.6 Å². The van der Waals surface area contributed by atoms with Crippen LogP contribution in [0.5, 0.6) is 0 Å². The van der Waals surface area contributed by atoms with Crippen molar-refractivity contribution < 1.29 is 4.79 Å². The molecule has 6 atom stereocenters. The lowest BCUT2D eigenvalue weighted by Gasteiger charge is -2.46. The van der Waals surface area contributed by atoms with E-state index in [-0.39, 0.29) is 11.9 Å². The molecule has 2 bridgehead atoms. The van der Waals surface area contributed by atoms with E-state index < -0.39 is 0 Å². The quantitative estimate of drug-likeness (QED) is 0.847. The van der Waals surface area contributed by atoms with Crippen molar-refractivity contribution >= 4 is 5.91 Å². The largest absolute Gasteiger partial charge is 0.351 e. The Hall–Kier alpha value is -1.35. The maximum absolute atomic E-state index is 12.7. The first kappa shape index (κ1) is 18.4. The summed E-state index contributed by atoms with van der Waals surface area (Å²) in [4.78, 5) is 12.7. The van der Waals surface area contributed by atoms with Gasteiger partial charge in [-0.1, -0.05) is 43.7 Å². The third-order valence-corrected chi connectivity index (χ3v) is 6.34. The lowest BCUT2D eigenvalue weighted by atomic mass is 9.63. The van der Waals surface area contributed by atoms with Gasteiger partial charge >= 0.3 is 0 Å². The molecule has 1 aromatic carbocycles. The standard InChI is InChI=1S/C22H34N2O/c1-14-5-7-18(8-6-14)13-23-17(4)22(25)24-21-16(3)11-19-9-15(2)10-20(21)12-19/h5-8,15-17,19-21,23H,9-13H2,1-4H3,(H,24,25). The zero-order valence-electron chi connectivity index (χ0n) is 16.2. The normalized spacial score (nSPS) is 32.9. The molecule has 2 fully saturated rings. The van der Waals surface area contributed by atoms with E-state index in [0.29, 0.717) is 17.9 Å². The van der Waals surface area contributed by atoms with Gasteiger partial charge in [-0.25, -0.2) is 0 Å². The zero-order valence-corrected chi connectivity index (χ0v) is 16.2. The SMILES string of the molecule is Cc1ccc(CNC(C)C(=O)NC2C(C)CC3CC(C)CC2C3)cc1. The van der Waals surface area contributed by atoms with E-state index in [9.17, 15) is 4.79 Å². The van der Waals surface area contributed by atoms with Gasteiger partial charge in [0.25, 0.3) is 0 Å². The predicted octanol–water partition coefficient (Wildman–Crippen LogP) is 4.05. The van der Waals surface area contributed by atoms with Gasteiger partial charge in [-0.15, -0.1) is 0 Å². The van der Waals surface area contributed by atoms with Gasteiger partial charge in [0.2, 0.25) is 5.91 Å². The fourth-order valence-electron chi connectivity index (χ4n) is 5.04. The van der Waals surface area contributed by atoms with Crippen molar-refractivity contribution in [2.24, 2.45) is 23.7 Å². The number of fused-ring (bicyclic) bond motifs is 2. The number of amides is 1. The summed E-state index contributed by atoms with van der Waals surface area (Å²) >= 11 is 0. The van der Waals surface area contributed by atoms with Crippen LogP contribution in [0.15, 0.2) is 24.3 Å². The average Bonchev–Trinajstić information content (AvgIpc) is 2.57.